The maximum Gasteiger partial charge on any atom is 0.343 e. The number of para-hydroxylation sites is 2. The Labute approximate surface area is 120 Å². The molecule has 0 aliphatic carbocycles. The van der Waals surface area contributed by atoms with Gasteiger partial charge >= 0.3 is 5.97 Å². The summed E-state index contributed by atoms with van der Waals surface area (Å²) in [7, 11) is 1.28. The Morgan fingerprint density at radius 2 is 2.00 bits per heavy atom. The van der Waals surface area contributed by atoms with E-state index in [0.717, 1.165) is 0 Å². The van der Waals surface area contributed by atoms with Crippen molar-refractivity contribution in [2.45, 2.75) is 6.54 Å². The summed E-state index contributed by atoms with van der Waals surface area (Å²) in [6.07, 6.45) is 0. The maximum atomic E-state index is 12.0. The largest absolute Gasteiger partial charge is 0.465 e. The highest BCUT2D eigenvalue weighted by atomic mass is 16.5. The minimum atomic E-state index is -0.571. The van der Waals surface area contributed by atoms with E-state index in [4.69, 9.17) is 10.5 Å². The number of aromatic nitrogens is 3. The molecule has 0 saturated heterocycles. The van der Waals surface area contributed by atoms with Gasteiger partial charge in [0.2, 0.25) is 0 Å². The zero-order valence-corrected chi connectivity index (χ0v) is 11.4. The molecule has 1 aromatic carbocycles. The molecule has 0 saturated carbocycles. The molecule has 0 bridgehead atoms. The van der Waals surface area contributed by atoms with Crippen molar-refractivity contribution in [3.63, 3.8) is 0 Å². The number of nitrogen functional groups attached to an aromatic ring is 1. The highest BCUT2D eigenvalue weighted by molar-refractivity contribution is 6.08. The van der Waals surface area contributed by atoms with E-state index in [1.807, 2.05) is 24.3 Å². The van der Waals surface area contributed by atoms with Crippen molar-refractivity contribution < 1.29 is 14.6 Å². The third-order valence-corrected chi connectivity index (χ3v) is 3.30. The summed E-state index contributed by atoms with van der Waals surface area (Å²) in [6.45, 7) is 0.107. The van der Waals surface area contributed by atoms with Crippen LogP contribution in [0.3, 0.4) is 0 Å². The van der Waals surface area contributed by atoms with Gasteiger partial charge in [0.05, 0.1) is 24.8 Å². The standard InChI is InChI=1S/C14H14N4O3/c1-21-14(20)10-11-13(18(6-7-19)12(10)15)17-9-5-3-2-4-8(9)16-11/h2-5,19H,6-7,15H2,1H3. The topological polar surface area (TPSA) is 103 Å². The summed E-state index contributed by atoms with van der Waals surface area (Å²) in [5, 5.41) is 9.18. The van der Waals surface area contributed by atoms with Gasteiger partial charge in [-0.2, -0.15) is 0 Å². The third kappa shape index (κ3) is 1.98. The Kier molecular flexibility index (Phi) is 3.19. The van der Waals surface area contributed by atoms with Gasteiger partial charge in [-0.1, -0.05) is 12.1 Å². The molecular weight excluding hydrogens is 272 g/mol. The van der Waals surface area contributed by atoms with Gasteiger partial charge in [-0.15, -0.1) is 0 Å². The lowest BCUT2D eigenvalue weighted by Crippen LogP contribution is -2.09. The number of aliphatic hydroxyl groups is 1. The van der Waals surface area contributed by atoms with Gasteiger partial charge in [0.1, 0.15) is 16.9 Å². The number of nitrogens with two attached hydrogens (primary N) is 1. The molecule has 7 nitrogen and oxygen atoms in total. The SMILES string of the molecule is COC(=O)c1c(N)n(CCO)c2nc3ccccc3nc12. The average molecular weight is 286 g/mol. The number of fused-ring (bicyclic) bond motifs is 2. The number of nitrogens with zero attached hydrogens (tertiary/aromatic N) is 3. The number of aliphatic hydroxyl groups excluding tert-OH is 1. The van der Waals surface area contributed by atoms with E-state index in [1.165, 1.54) is 7.11 Å². The number of carbonyl (C=O) groups excluding carboxylic acids is 1. The summed E-state index contributed by atoms with van der Waals surface area (Å²) in [5.74, 6) is -0.375. The van der Waals surface area contributed by atoms with Crippen LogP contribution in [0, 0.1) is 0 Å². The van der Waals surface area contributed by atoms with Crippen LogP contribution < -0.4 is 5.73 Å². The van der Waals surface area contributed by atoms with Crippen LogP contribution in [0.2, 0.25) is 0 Å². The molecule has 7 heteroatoms. The molecule has 0 fully saturated rings. The second-order valence-electron chi connectivity index (χ2n) is 4.51. The van der Waals surface area contributed by atoms with Crippen LogP contribution in [-0.2, 0) is 11.3 Å². The quantitative estimate of drug-likeness (QED) is 0.695. The number of methoxy groups -OCH3 is 1. The highest BCUT2D eigenvalue weighted by Crippen LogP contribution is 2.28. The van der Waals surface area contributed by atoms with Gasteiger partial charge in [-0.3, -0.25) is 0 Å². The van der Waals surface area contributed by atoms with E-state index < -0.39 is 5.97 Å². The average Bonchev–Trinajstić information content (AvgIpc) is 2.77. The molecule has 108 valence electrons. The van der Waals surface area contributed by atoms with Crippen LogP contribution in [-0.4, -0.2) is 39.3 Å². The van der Waals surface area contributed by atoms with E-state index in [1.54, 1.807) is 4.57 Å². The van der Waals surface area contributed by atoms with Crippen LogP contribution in [0.15, 0.2) is 24.3 Å². The van der Waals surface area contributed by atoms with Crippen LogP contribution in [0.4, 0.5) is 5.82 Å². The number of hydrogen-bond donors (Lipinski definition) is 2. The Balaban J connectivity index is 2.42. The predicted molar refractivity (Wildman–Crippen MR) is 77.9 cm³/mol. The zero-order valence-electron chi connectivity index (χ0n) is 11.4. The molecule has 21 heavy (non-hydrogen) atoms. The van der Waals surface area contributed by atoms with Gasteiger partial charge in [0.25, 0.3) is 0 Å². The molecule has 3 aromatic rings. The van der Waals surface area contributed by atoms with Crippen molar-refractivity contribution in [1.82, 2.24) is 14.5 Å². The molecule has 2 aromatic heterocycles. The van der Waals surface area contributed by atoms with E-state index >= 15 is 0 Å². The molecule has 3 rings (SSSR count). The first-order chi connectivity index (χ1) is 10.2. The maximum absolute atomic E-state index is 12.0. The van der Waals surface area contributed by atoms with Crippen LogP contribution in [0.5, 0.6) is 0 Å². The van der Waals surface area contributed by atoms with E-state index in [-0.39, 0.29) is 24.5 Å². The minimum absolute atomic E-state index is 0.122. The van der Waals surface area contributed by atoms with E-state index in [9.17, 15) is 9.90 Å². The minimum Gasteiger partial charge on any atom is -0.465 e. The number of esters is 1. The lowest BCUT2D eigenvalue weighted by Gasteiger charge is -2.04. The molecule has 0 aliphatic heterocycles. The molecule has 0 atom stereocenters. The predicted octanol–water partition coefficient (Wildman–Crippen LogP) is 0.946. The van der Waals surface area contributed by atoms with Gasteiger partial charge in [0, 0.05) is 6.54 Å². The van der Waals surface area contributed by atoms with Crippen molar-refractivity contribution in [2.75, 3.05) is 19.5 Å². The van der Waals surface area contributed by atoms with Crippen molar-refractivity contribution in [3.8, 4) is 0 Å². The fourth-order valence-electron chi connectivity index (χ4n) is 2.35. The van der Waals surface area contributed by atoms with Crippen LogP contribution >= 0.6 is 0 Å². The Morgan fingerprint density at radius 1 is 1.33 bits per heavy atom. The van der Waals surface area contributed by atoms with Gasteiger partial charge < -0.3 is 20.1 Å². The van der Waals surface area contributed by atoms with Crippen LogP contribution in [0.25, 0.3) is 22.2 Å². The Morgan fingerprint density at radius 3 is 2.62 bits per heavy atom. The third-order valence-electron chi connectivity index (χ3n) is 3.30. The fourth-order valence-corrected chi connectivity index (χ4v) is 2.35. The number of carbonyl (C=O) groups is 1. The molecule has 2 heterocycles. The van der Waals surface area contributed by atoms with Crippen LogP contribution in [0.1, 0.15) is 10.4 Å². The number of hydrogen-bond acceptors (Lipinski definition) is 6. The Hall–Kier alpha value is -2.67. The summed E-state index contributed by atoms with van der Waals surface area (Å²) < 4.78 is 6.34. The smallest absolute Gasteiger partial charge is 0.343 e. The monoisotopic (exact) mass is 286 g/mol. The summed E-state index contributed by atoms with van der Waals surface area (Å²) in [5.41, 5.74) is 8.39. The lowest BCUT2D eigenvalue weighted by atomic mass is 10.2. The number of rotatable bonds is 3. The number of ether oxygens (including phenoxy) is 1. The van der Waals surface area contributed by atoms with E-state index in [2.05, 4.69) is 9.97 Å². The first-order valence-corrected chi connectivity index (χ1v) is 6.41. The normalized spacial score (nSPS) is 11.1. The number of anilines is 1. The summed E-state index contributed by atoms with van der Waals surface area (Å²) >= 11 is 0. The van der Waals surface area contributed by atoms with Crippen molar-refractivity contribution >= 4 is 34.0 Å². The molecule has 3 N–H and O–H groups in total. The molecule has 0 amide bonds. The van der Waals surface area contributed by atoms with Crippen molar-refractivity contribution in [3.05, 3.63) is 29.8 Å². The molecule has 0 radical (unpaired) electrons. The first-order valence-electron chi connectivity index (χ1n) is 6.41. The molecule has 0 unspecified atom stereocenters. The second kappa shape index (κ2) is 5.02. The molecule has 0 aliphatic rings. The van der Waals surface area contributed by atoms with Gasteiger partial charge in [-0.05, 0) is 12.1 Å². The zero-order chi connectivity index (χ0) is 15.0. The second-order valence-corrected chi connectivity index (χ2v) is 4.51. The van der Waals surface area contributed by atoms with Gasteiger partial charge in [0.15, 0.2) is 5.65 Å². The van der Waals surface area contributed by atoms with E-state index in [0.29, 0.717) is 22.2 Å². The number of benzene rings is 1. The molecular formula is C14H14N4O3. The summed E-state index contributed by atoms with van der Waals surface area (Å²) in [6, 6.07) is 7.33. The van der Waals surface area contributed by atoms with Gasteiger partial charge in [-0.25, -0.2) is 14.8 Å². The van der Waals surface area contributed by atoms with Crippen molar-refractivity contribution in [2.24, 2.45) is 0 Å². The lowest BCUT2D eigenvalue weighted by molar-refractivity contribution is 0.0603. The highest BCUT2D eigenvalue weighted by Gasteiger charge is 2.24. The Bertz CT molecular complexity index is 841. The molecule has 0 spiro atoms. The summed E-state index contributed by atoms with van der Waals surface area (Å²) in [4.78, 5) is 20.9. The first kappa shape index (κ1) is 13.3. The fraction of sp³-hybridized carbons (Fsp3) is 0.214. The van der Waals surface area contributed by atoms with Crippen molar-refractivity contribution in [1.29, 1.82) is 0 Å².